The fourth-order valence-electron chi connectivity index (χ4n) is 4.16. The summed E-state index contributed by atoms with van der Waals surface area (Å²) in [5, 5.41) is 3.09. The first kappa shape index (κ1) is 19.6. The number of carbonyl (C=O) groups is 2. The van der Waals surface area contributed by atoms with Crippen LogP contribution in [0.5, 0.6) is 0 Å². The molecule has 1 atom stereocenters. The fraction of sp³-hybridized carbons (Fsp3) is 0.900. The summed E-state index contributed by atoms with van der Waals surface area (Å²) in [6, 6.07) is 0.772. The number of hydrogen-bond donors (Lipinski definition) is 1. The van der Waals surface area contributed by atoms with Crippen molar-refractivity contribution in [2.75, 3.05) is 39.8 Å². The highest BCUT2D eigenvalue weighted by Gasteiger charge is 2.31. The van der Waals surface area contributed by atoms with E-state index in [-0.39, 0.29) is 17.9 Å². The van der Waals surface area contributed by atoms with Crippen LogP contribution < -0.4 is 5.32 Å². The molecule has 2 saturated carbocycles. The van der Waals surface area contributed by atoms with Crippen LogP contribution in [0.15, 0.2) is 0 Å². The first-order valence-corrected chi connectivity index (χ1v) is 10.5. The van der Waals surface area contributed by atoms with Crippen molar-refractivity contribution in [3.63, 3.8) is 0 Å². The lowest BCUT2D eigenvalue weighted by Crippen LogP contribution is -2.55. The summed E-state index contributed by atoms with van der Waals surface area (Å²) in [5.41, 5.74) is 0. The van der Waals surface area contributed by atoms with E-state index >= 15 is 0 Å². The fourth-order valence-corrected chi connectivity index (χ4v) is 4.16. The number of nitrogens with one attached hydrogen (secondary N) is 1. The second-order valence-corrected chi connectivity index (χ2v) is 8.69. The second kappa shape index (κ2) is 8.70. The third-order valence-electron chi connectivity index (χ3n) is 6.54. The minimum atomic E-state index is -0.0691. The van der Waals surface area contributed by atoms with Gasteiger partial charge in [0, 0.05) is 45.3 Å². The molecule has 26 heavy (non-hydrogen) atoms. The highest BCUT2D eigenvalue weighted by molar-refractivity contribution is 5.82. The Hall–Kier alpha value is -1.14. The molecular formula is C20H36N4O2. The Morgan fingerprint density at radius 2 is 1.65 bits per heavy atom. The number of likely N-dealkylation sites (N-methyl/N-ethyl adjacent to an activating group) is 1. The van der Waals surface area contributed by atoms with Gasteiger partial charge in [-0.2, -0.15) is 0 Å². The number of carbonyl (C=O) groups excluding carboxylic acids is 2. The van der Waals surface area contributed by atoms with Crippen LogP contribution in [-0.4, -0.2) is 84.4 Å². The number of nitrogens with zero attached hydrogens (tertiary/aromatic N) is 3. The molecule has 3 rings (SSSR count). The average Bonchev–Trinajstić information content (AvgIpc) is 3.45. The topological polar surface area (TPSA) is 55.9 Å². The maximum Gasteiger partial charge on any atom is 0.237 e. The molecule has 0 aromatic heterocycles. The number of rotatable bonds is 6. The van der Waals surface area contributed by atoms with E-state index in [1.54, 1.807) is 0 Å². The monoisotopic (exact) mass is 364 g/mol. The average molecular weight is 365 g/mol. The highest BCUT2D eigenvalue weighted by atomic mass is 16.2. The normalized spacial score (nSPS) is 29.2. The van der Waals surface area contributed by atoms with E-state index in [2.05, 4.69) is 22.0 Å². The van der Waals surface area contributed by atoms with E-state index in [0.29, 0.717) is 18.6 Å². The van der Waals surface area contributed by atoms with Gasteiger partial charge in [0.1, 0.15) is 0 Å². The van der Waals surface area contributed by atoms with E-state index in [1.165, 1.54) is 12.8 Å². The Labute approximate surface area is 158 Å². The molecule has 0 bridgehead atoms. The summed E-state index contributed by atoms with van der Waals surface area (Å²) in [4.78, 5) is 31.3. The van der Waals surface area contributed by atoms with Gasteiger partial charge in [0.25, 0.3) is 0 Å². The third kappa shape index (κ3) is 5.19. The van der Waals surface area contributed by atoms with E-state index in [1.807, 2.05) is 18.9 Å². The van der Waals surface area contributed by atoms with Crippen molar-refractivity contribution in [2.45, 2.75) is 70.5 Å². The molecule has 1 aliphatic heterocycles. The van der Waals surface area contributed by atoms with Crippen molar-refractivity contribution in [1.82, 2.24) is 20.0 Å². The largest absolute Gasteiger partial charge is 0.352 e. The van der Waals surface area contributed by atoms with E-state index in [0.717, 1.165) is 57.8 Å². The molecule has 2 amide bonds. The maximum atomic E-state index is 12.7. The Morgan fingerprint density at radius 3 is 2.23 bits per heavy atom. The van der Waals surface area contributed by atoms with Gasteiger partial charge in [0.05, 0.1) is 12.6 Å². The van der Waals surface area contributed by atoms with Crippen molar-refractivity contribution in [1.29, 1.82) is 0 Å². The van der Waals surface area contributed by atoms with E-state index < -0.39 is 0 Å². The molecule has 6 heteroatoms. The van der Waals surface area contributed by atoms with Crippen LogP contribution >= 0.6 is 0 Å². The Morgan fingerprint density at radius 1 is 1.04 bits per heavy atom. The van der Waals surface area contributed by atoms with Crippen LogP contribution in [-0.2, 0) is 9.59 Å². The van der Waals surface area contributed by atoms with Gasteiger partial charge in [0.2, 0.25) is 11.8 Å². The highest BCUT2D eigenvalue weighted by Crippen LogP contribution is 2.26. The first-order valence-electron chi connectivity index (χ1n) is 10.5. The minimum absolute atomic E-state index is 0.0691. The van der Waals surface area contributed by atoms with Gasteiger partial charge in [-0.25, -0.2) is 0 Å². The number of hydrogen-bond acceptors (Lipinski definition) is 4. The summed E-state index contributed by atoms with van der Waals surface area (Å²) in [6.45, 7) is 8.26. The second-order valence-electron chi connectivity index (χ2n) is 8.69. The molecule has 0 radical (unpaired) electrons. The molecule has 1 saturated heterocycles. The van der Waals surface area contributed by atoms with Gasteiger partial charge in [-0.1, -0.05) is 6.92 Å². The van der Waals surface area contributed by atoms with Crippen LogP contribution in [0.3, 0.4) is 0 Å². The molecule has 0 spiro atoms. The SMILES string of the molecule is CC1CCC(N(C)C(=O)CN2CCN(C(C)C(=O)NC3CC3)CC2)CC1. The lowest BCUT2D eigenvalue weighted by Gasteiger charge is -2.39. The summed E-state index contributed by atoms with van der Waals surface area (Å²) >= 11 is 0. The van der Waals surface area contributed by atoms with Gasteiger partial charge in [0.15, 0.2) is 0 Å². The van der Waals surface area contributed by atoms with E-state index in [4.69, 9.17) is 0 Å². The van der Waals surface area contributed by atoms with Crippen LogP contribution in [0.4, 0.5) is 0 Å². The van der Waals surface area contributed by atoms with Gasteiger partial charge < -0.3 is 10.2 Å². The summed E-state index contributed by atoms with van der Waals surface area (Å²) in [5.74, 6) is 1.21. The molecule has 3 fully saturated rings. The van der Waals surface area contributed by atoms with Crippen molar-refractivity contribution < 1.29 is 9.59 Å². The van der Waals surface area contributed by atoms with Crippen LogP contribution in [0.1, 0.15) is 52.4 Å². The zero-order valence-corrected chi connectivity index (χ0v) is 16.7. The van der Waals surface area contributed by atoms with Crippen LogP contribution in [0, 0.1) is 5.92 Å². The molecule has 1 unspecified atom stereocenters. The lowest BCUT2D eigenvalue weighted by atomic mass is 9.87. The standard InChI is InChI=1S/C20H36N4O2/c1-15-4-8-18(9-5-15)22(3)19(25)14-23-10-12-24(13-11-23)16(2)20(26)21-17-6-7-17/h15-18H,4-14H2,1-3H3,(H,21,26). The Kier molecular flexibility index (Phi) is 6.56. The summed E-state index contributed by atoms with van der Waals surface area (Å²) in [7, 11) is 1.98. The van der Waals surface area contributed by atoms with Gasteiger partial charge in [-0.15, -0.1) is 0 Å². The smallest absolute Gasteiger partial charge is 0.237 e. The molecular weight excluding hydrogens is 328 g/mol. The molecule has 1 N–H and O–H groups in total. The predicted octanol–water partition coefficient (Wildman–Crippen LogP) is 1.31. The zero-order valence-electron chi connectivity index (χ0n) is 16.7. The quantitative estimate of drug-likeness (QED) is 0.772. The van der Waals surface area contributed by atoms with Crippen LogP contribution in [0.25, 0.3) is 0 Å². The lowest BCUT2D eigenvalue weighted by molar-refractivity contribution is -0.135. The van der Waals surface area contributed by atoms with Crippen molar-refractivity contribution in [3.8, 4) is 0 Å². The molecule has 0 aromatic carbocycles. The first-order chi connectivity index (χ1) is 12.4. The molecule has 6 nitrogen and oxygen atoms in total. The van der Waals surface area contributed by atoms with Gasteiger partial charge in [-0.3, -0.25) is 19.4 Å². The molecule has 0 aromatic rings. The maximum absolute atomic E-state index is 12.7. The minimum Gasteiger partial charge on any atom is -0.352 e. The number of piperazine rings is 1. The number of amides is 2. The van der Waals surface area contributed by atoms with Gasteiger partial charge >= 0.3 is 0 Å². The van der Waals surface area contributed by atoms with E-state index in [9.17, 15) is 9.59 Å². The van der Waals surface area contributed by atoms with Crippen LogP contribution in [0.2, 0.25) is 0 Å². The summed E-state index contributed by atoms with van der Waals surface area (Å²) < 4.78 is 0. The Balaban J connectivity index is 1.38. The zero-order chi connectivity index (χ0) is 18.7. The summed E-state index contributed by atoms with van der Waals surface area (Å²) in [6.07, 6.45) is 7.02. The third-order valence-corrected chi connectivity index (χ3v) is 6.54. The Bertz CT molecular complexity index is 492. The predicted molar refractivity (Wildman–Crippen MR) is 103 cm³/mol. The molecule has 2 aliphatic carbocycles. The van der Waals surface area contributed by atoms with Crippen molar-refractivity contribution in [2.24, 2.45) is 5.92 Å². The van der Waals surface area contributed by atoms with Gasteiger partial charge in [-0.05, 0) is 51.4 Å². The molecule has 148 valence electrons. The van der Waals surface area contributed by atoms with Crippen molar-refractivity contribution in [3.05, 3.63) is 0 Å². The molecule has 1 heterocycles. The molecule has 3 aliphatic rings. The van der Waals surface area contributed by atoms with Crippen molar-refractivity contribution >= 4 is 11.8 Å².